The van der Waals surface area contributed by atoms with Crippen molar-refractivity contribution in [1.82, 2.24) is 19.7 Å². The Hall–Kier alpha value is -4.53. The maximum atomic E-state index is 13.6. The van der Waals surface area contributed by atoms with Crippen molar-refractivity contribution in [2.45, 2.75) is 13.0 Å². The highest BCUT2D eigenvalue weighted by molar-refractivity contribution is 6.10. The molecule has 0 fully saturated rings. The van der Waals surface area contributed by atoms with Crippen LogP contribution in [0.4, 0.5) is 11.6 Å². The number of fused-ring (bicyclic) bond motifs is 1. The van der Waals surface area contributed by atoms with Gasteiger partial charge < -0.3 is 14.8 Å². The molecule has 35 heavy (non-hydrogen) atoms. The van der Waals surface area contributed by atoms with Crippen LogP contribution in [0.15, 0.2) is 78.0 Å². The lowest BCUT2D eigenvalue weighted by Gasteiger charge is -2.30. The van der Waals surface area contributed by atoms with Crippen molar-refractivity contribution in [2.24, 2.45) is 10.9 Å². The summed E-state index contributed by atoms with van der Waals surface area (Å²) in [4.78, 5) is 27.0. The summed E-state index contributed by atoms with van der Waals surface area (Å²) in [5.74, 6) is 1.26. The minimum Gasteiger partial charge on any atom is -0.493 e. The highest BCUT2D eigenvalue weighted by atomic mass is 16.5. The maximum Gasteiger partial charge on any atom is 0.248 e. The molecule has 0 spiro atoms. The van der Waals surface area contributed by atoms with Crippen molar-refractivity contribution in [3.8, 4) is 22.9 Å². The zero-order valence-electron chi connectivity index (χ0n) is 19.5. The van der Waals surface area contributed by atoms with Crippen LogP contribution in [0.5, 0.6) is 11.5 Å². The molecule has 2 unspecified atom stereocenters. The fourth-order valence-corrected chi connectivity index (χ4v) is 4.24. The molecule has 1 aliphatic heterocycles. The Balaban J connectivity index is 1.63. The van der Waals surface area contributed by atoms with Crippen LogP contribution >= 0.6 is 0 Å². The highest BCUT2D eigenvalue weighted by Crippen LogP contribution is 2.40. The summed E-state index contributed by atoms with van der Waals surface area (Å²) in [6.45, 7) is 1.83. The van der Waals surface area contributed by atoms with E-state index in [-0.39, 0.29) is 5.91 Å². The largest absolute Gasteiger partial charge is 0.493 e. The van der Waals surface area contributed by atoms with Crippen LogP contribution < -0.4 is 14.8 Å². The number of nitrogens with zero attached hydrogens (tertiary/aromatic N) is 5. The topological polar surface area (TPSA) is 104 Å². The summed E-state index contributed by atoms with van der Waals surface area (Å²) in [6, 6.07) is 18.3. The maximum absolute atomic E-state index is 13.6. The Bertz CT molecular complexity index is 1380. The fraction of sp³-hybridized carbons (Fsp3) is 0.192. The Labute approximate surface area is 202 Å². The van der Waals surface area contributed by atoms with Gasteiger partial charge in [-0.05, 0) is 36.8 Å². The molecule has 1 N–H and O–H groups in total. The van der Waals surface area contributed by atoms with Crippen molar-refractivity contribution in [1.29, 1.82) is 0 Å². The smallest absolute Gasteiger partial charge is 0.248 e. The number of ether oxygens (including phenoxy) is 2. The Morgan fingerprint density at radius 2 is 1.80 bits per heavy atom. The van der Waals surface area contributed by atoms with Crippen LogP contribution in [0.3, 0.4) is 0 Å². The van der Waals surface area contributed by atoms with E-state index in [1.54, 1.807) is 43.4 Å². The van der Waals surface area contributed by atoms with Gasteiger partial charge in [0.1, 0.15) is 5.92 Å². The van der Waals surface area contributed by atoms with E-state index >= 15 is 0 Å². The molecular weight excluding hydrogens is 444 g/mol. The quantitative estimate of drug-likeness (QED) is 0.452. The number of hydrogen-bond acceptors (Lipinski definition) is 7. The summed E-state index contributed by atoms with van der Waals surface area (Å²) in [6.07, 6.45) is 3.26. The number of aliphatic imine (C=N–C) groups is 1. The van der Waals surface area contributed by atoms with E-state index in [0.717, 1.165) is 11.1 Å². The lowest BCUT2D eigenvalue weighted by atomic mass is 9.87. The lowest BCUT2D eigenvalue weighted by molar-refractivity contribution is -0.118. The predicted molar refractivity (Wildman–Crippen MR) is 132 cm³/mol. The molecule has 0 bridgehead atoms. The number of hydrogen-bond donors (Lipinski definition) is 1. The minimum atomic E-state index is -0.647. The van der Waals surface area contributed by atoms with E-state index in [1.165, 1.54) is 0 Å². The van der Waals surface area contributed by atoms with Gasteiger partial charge in [-0.2, -0.15) is 4.98 Å². The monoisotopic (exact) mass is 468 g/mol. The van der Waals surface area contributed by atoms with Crippen molar-refractivity contribution in [3.63, 3.8) is 0 Å². The predicted octanol–water partition coefficient (Wildman–Crippen LogP) is 4.31. The molecule has 0 radical (unpaired) electrons. The molecule has 2 atom stereocenters. The van der Waals surface area contributed by atoms with E-state index < -0.39 is 12.0 Å². The molecule has 2 aromatic carbocycles. The number of benzene rings is 2. The molecular formula is C26H24N6O3. The van der Waals surface area contributed by atoms with Gasteiger partial charge >= 0.3 is 0 Å². The number of nitrogens with one attached hydrogen (secondary N) is 1. The van der Waals surface area contributed by atoms with Crippen LogP contribution in [0, 0.1) is 5.92 Å². The number of carbonyl (C=O) groups is 1. The van der Waals surface area contributed by atoms with Gasteiger partial charge in [0.05, 0.1) is 32.1 Å². The van der Waals surface area contributed by atoms with Crippen LogP contribution in [0.1, 0.15) is 18.5 Å². The molecule has 9 heteroatoms. The molecule has 0 saturated carbocycles. The average Bonchev–Trinajstić information content (AvgIpc) is 3.32. The molecule has 1 amide bonds. The number of methoxy groups -OCH3 is 2. The Morgan fingerprint density at radius 1 is 1.00 bits per heavy atom. The van der Waals surface area contributed by atoms with Crippen LogP contribution in [-0.2, 0) is 4.79 Å². The van der Waals surface area contributed by atoms with Crippen molar-refractivity contribution in [3.05, 3.63) is 78.6 Å². The standard InChI is InChI=1S/C26H24N6O3/c1-16-22(25(33)29-19-10-7-13-27-15-19)23(18-11-12-20(34-2)21(14-18)35-3)32-26(28-16)30-24(31-32)17-8-5-4-6-9-17/h4-15,22-23H,1-3H3,(H,29,33). The molecule has 4 aromatic rings. The Morgan fingerprint density at radius 3 is 2.51 bits per heavy atom. The third kappa shape index (κ3) is 4.23. The van der Waals surface area contributed by atoms with Gasteiger partial charge in [0.15, 0.2) is 17.3 Å². The first-order valence-electron chi connectivity index (χ1n) is 11.1. The van der Waals surface area contributed by atoms with Gasteiger partial charge in [0, 0.05) is 17.5 Å². The van der Waals surface area contributed by atoms with Gasteiger partial charge in [0.25, 0.3) is 0 Å². The first-order valence-corrected chi connectivity index (χ1v) is 11.1. The molecule has 3 heterocycles. The molecule has 1 aliphatic rings. The third-order valence-corrected chi connectivity index (χ3v) is 5.91. The van der Waals surface area contributed by atoms with Crippen molar-refractivity contribution < 1.29 is 14.3 Å². The summed E-state index contributed by atoms with van der Waals surface area (Å²) < 4.78 is 12.7. The summed E-state index contributed by atoms with van der Waals surface area (Å²) in [5.41, 5.74) is 2.91. The Kier molecular flexibility index (Phi) is 5.97. The van der Waals surface area contributed by atoms with E-state index in [2.05, 4.69) is 20.3 Å². The minimum absolute atomic E-state index is 0.221. The van der Waals surface area contributed by atoms with Gasteiger partial charge in [-0.3, -0.25) is 9.78 Å². The lowest BCUT2D eigenvalue weighted by Crippen LogP contribution is -2.39. The summed E-state index contributed by atoms with van der Waals surface area (Å²) >= 11 is 0. The van der Waals surface area contributed by atoms with Gasteiger partial charge in [-0.1, -0.05) is 36.4 Å². The second-order valence-corrected chi connectivity index (χ2v) is 8.07. The highest BCUT2D eigenvalue weighted by Gasteiger charge is 2.40. The molecule has 0 aliphatic carbocycles. The number of pyridine rings is 1. The van der Waals surface area contributed by atoms with E-state index in [0.29, 0.717) is 34.7 Å². The zero-order chi connectivity index (χ0) is 24.4. The average molecular weight is 469 g/mol. The van der Waals surface area contributed by atoms with E-state index in [4.69, 9.17) is 14.6 Å². The first-order chi connectivity index (χ1) is 17.1. The summed E-state index contributed by atoms with van der Waals surface area (Å²) in [5, 5.41) is 7.75. The fourth-order valence-electron chi connectivity index (χ4n) is 4.24. The van der Waals surface area contributed by atoms with Gasteiger partial charge in [-0.15, -0.1) is 5.10 Å². The first kappa shape index (κ1) is 22.3. The van der Waals surface area contributed by atoms with Crippen LogP contribution in [0.2, 0.25) is 0 Å². The van der Waals surface area contributed by atoms with E-state index in [9.17, 15) is 4.79 Å². The molecule has 0 saturated heterocycles. The van der Waals surface area contributed by atoms with Crippen LogP contribution in [0.25, 0.3) is 11.4 Å². The third-order valence-electron chi connectivity index (χ3n) is 5.91. The van der Waals surface area contributed by atoms with Crippen molar-refractivity contribution in [2.75, 3.05) is 19.5 Å². The molecule has 176 valence electrons. The van der Waals surface area contributed by atoms with Gasteiger partial charge in [-0.25, -0.2) is 9.67 Å². The number of amides is 1. The number of rotatable bonds is 6. The van der Waals surface area contributed by atoms with E-state index in [1.807, 2.05) is 55.5 Å². The summed E-state index contributed by atoms with van der Waals surface area (Å²) in [7, 11) is 3.16. The number of anilines is 1. The second kappa shape index (κ2) is 9.38. The van der Waals surface area contributed by atoms with Crippen LogP contribution in [-0.4, -0.2) is 45.6 Å². The number of aromatic nitrogens is 4. The van der Waals surface area contributed by atoms with Gasteiger partial charge in [0.2, 0.25) is 11.9 Å². The molecule has 2 aromatic heterocycles. The molecule has 5 rings (SSSR count). The molecule has 9 nitrogen and oxygen atoms in total. The normalized spacial score (nSPS) is 16.7. The van der Waals surface area contributed by atoms with Crippen molar-refractivity contribution >= 4 is 23.3 Å². The number of carbonyl (C=O) groups excluding carboxylic acids is 1. The second-order valence-electron chi connectivity index (χ2n) is 8.07. The zero-order valence-corrected chi connectivity index (χ0v) is 19.5. The SMILES string of the molecule is COc1ccc(C2C(C(=O)Nc3cccnc3)C(C)=Nc3nc(-c4ccccc4)nn32)cc1OC.